The van der Waals surface area contributed by atoms with Gasteiger partial charge in [-0.25, -0.2) is 0 Å². The zero-order chi connectivity index (χ0) is 11.6. The Morgan fingerprint density at radius 1 is 1.27 bits per heavy atom. The number of rotatable bonds is 3. The summed E-state index contributed by atoms with van der Waals surface area (Å²) in [6, 6.07) is 4.70. The molecule has 0 fully saturated rings. The topological polar surface area (TPSA) is 54.4 Å². The molecular formula is C11H13AsO3. The Morgan fingerprint density at radius 3 is 2.33 bits per heavy atom. The molecule has 0 saturated carbocycles. The van der Waals surface area contributed by atoms with Gasteiger partial charge in [0.25, 0.3) is 0 Å². The minimum absolute atomic E-state index is 0.0535. The molecule has 0 aliphatic heterocycles. The Morgan fingerprint density at radius 2 is 1.87 bits per heavy atom. The molecule has 0 saturated heterocycles. The first-order valence-electron chi connectivity index (χ1n) is 4.51. The number of hydrogen-bond donors (Lipinski definition) is 1. The second kappa shape index (κ2) is 4.63. The fourth-order valence-electron chi connectivity index (χ4n) is 1.18. The quantitative estimate of drug-likeness (QED) is 0.658. The molecule has 80 valence electrons. The van der Waals surface area contributed by atoms with Gasteiger partial charge in [0.05, 0.1) is 0 Å². The summed E-state index contributed by atoms with van der Waals surface area (Å²) >= 11 is -1.85. The molecule has 3 nitrogen and oxygen atoms in total. The van der Waals surface area contributed by atoms with Gasteiger partial charge in [0, 0.05) is 0 Å². The molecule has 0 spiro atoms. The number of Topliss-reactive ketones (excluding diaryl/α,β-unsaturated/α-hetero) is 1. The standard InChI is InChI=1S/C11H13AsO3/c1-7(13)9-4-5-11(15)10(6-9)12(3)8(2)14/h4-6,15H,1-3H3. The van der Waals surface area contributed by atoms with Gasteiger partial charge in [-0.1, -0.05) is 0 Å². The van der Waals surface area contributed by atoms with Gasteiger partial charge in [0.1, 0.15) is 0 Å². The molecule has 1 aromatic carbocycles. The molecule has 0 aromatic heterocycles. The van der Waals surface area contributed by atoms with E-state index in [1.54, 1.807) is 12.1 Å². The molecule has 0 bridgehead atoms. The summed E-state index contributed by atoms with van der Waals surface area (Å²) < 4.78 is 0.765. The summed E-state index contributed by atoms with van der Waals surface area (Å²) in [6.07, 6.45) is 0. The van der Waals surface area contributed by atoms with E-state index in [0.717, 1.165) is 0 Å². The van der Waals surface area contributed by atoms with Crippen molar-refractivity contribution < 1.29 is 14.7 Å². The molecular weight excluding hydrogens is 255 g/mol. The van der Waals surface area contributed by atoms with Crippen LogP contribution in [-0.4, -0.2) is 30.1 Å². The van der Waals surface area contributed by atoms with E-state index in [2.05, 4.69) is 0 Å². The van der Waals surface area contributed by atoms with Crippen LogP contribution in [0.5, 0.6) is 5.75 Å². The van der Waals surface area contributed by atoms with Crippen molar-refractivity contribution in [1.29, 1.82) is 0 Å². The van der Waals surface area contributed by atoms with Gasteiger partial charge in [-0.15, -0.1) is 0 Å². The third-order valence-electron chi connectivity index (χ3n) is 2.22. The third-order valence-corrected chi connectivity index (χ3v) is 6.47. The van der Waals surface area contributed by atoms with Crippen molar-refractivity contribution in [2.75, 3.05) is 0 Å². The van der Waals surface area contributed by atoms with Crippen molar-refractivity contribution in [3.8, 4) is 5.75 Å². The van der Waals surface area contributed by atoms with Crippen LogP contribution in [0.2, 0.25) is 5.71 Å². The van der Waals surface area contributed by atoms with Crippen molar-refractivity contribution in [3.05, 3.63) is 23.8 Å². The van der Waals surface area contributed by atoms with Crippen LogP contribution in [0.3, 0.4) is 0 Å². The minimum atomic E-state index is -1.85. The number of benzene rings is 1. The van der Waals surface area contributed by atoms with E-state index in [1.807, 2.05) is 5.71 Å². The summed E-state index contributed by atoms with van der Waals surface area (Å²) in [7, 11) is 0. The zero-order valence-corrected chi connectivity index (χ0v) is 10.8. The van der Waals surface area contributed by atoms with Crippen molar-refractivity contribution in [3.63, 3.8) is 0 Å². The predicted octanol–water partition coefficient (Wildman–Crippen LogP) is 1.05. The molecule has 0 aliphatic rings. The molecule has 4 heteroatoms. The molecule has 1 unspecified atom stereocenters. The van der Waals surface area contributed by atoms with Gasteiger partial charge in [0.2, 0.25) is 0 Å². The van der Waals surface area contributed by atoms with Gasteiger partial charge in [-0.2, -0.15) is 0 Å². The van der Waals surface area contributed by atoms with Crippen LogP contribution < -0.4 is 4.35 Å². The van der Waals surface area contributed by atoms with Gasteiger partial charge >= 0.3 is 93.1 Å². The Bertz CT molecular complexity index is 412. The predicted molar refractivity (Wildman–Crippen MR) is 60.0 cm³/mol. The number of phenolic OH excluding ortho intramolecular Hbond substituents is 1. The number of carbonyl (C=O) groups is 2. The molecule has 1 atom stereocenters. The Kier molecular flexibility index (Phi) is 3.70. The van der Waals surface area contributed by atoms with Crippen LogP contribution in [0.25, 0.3) is 0 Å². The number of carbonyl (C=O) groups excluding carboxylic acids is 2. The fraction of sp³-hybridized carbons (Fsp3) is 0.273. The normalized spacial score (nSPS) is 12.2. The van der Waals surface area contributed by atoms with Crippen molar-refractivity contribution in [2.24, 2.45) is 0 Å². The monoisotopic (exact) mass is 268 g/mol. The first-order chi connectivity index (χ1) is 6.93. The first kappa shape index (κ1) is 12.0. The van der Waals surface area contributed by atoms with Crippen LogP contribution in [0.4, 0.5) is 0 Å². The van der Waals surface area contributed by atoms with E-state index in [0.29, 0.717) is 9.91 Å². The van der Waals surface area contributed by atoms with E-state index in [-0.39, 0.29) is 16.1 Å². The van der Waals surface area contributed by atoms with Crippen LogP contribution in [0.1, 0.15) is 24.2 Å². The molecule has 0 heterocycles. The Labute approximate surface area is 93.4 Å². The molecule has 0 aliphatic carbocycles. The molecule has 1 N–H and O–H groups in total. The van der Waals surface area contributed by atoms with Crippen LogP contribution >= 0.6 is 0 Å². The van der Waals surface area contributed by atoms with Crippen molar-refractivity contribution >= 4 is 29.4 Å². The van der Waals surface area contributed by atoms with Gasteiger partial charge in [-0.3, -0.25) is 0 Å². The molecule has 1 rings (SSSR count). The van der Waals surface area contributed by atoms with E-state index in [4.69, 9.17) is 0 Å². The summed E-state index contributed by atoms with van der Waals surface area (Å²) in [4.78, 5) is 22.4. The Balaban J connectivity index is 3.22. The third kappa shape index (κ3) is 2.69. The average Bonchev–Trinajstić information content (AvgIpc) is 2.16. The average molecular weight is 268 g/mol. The van der Waals surface area contributed by atoms with Crippen molar-refractivity contribution in [1.82, 2.24) is 0 Å². The van der Waals surface area contributed by atoms with Crippen LogP contribution in [0.15, 0.2) is 18.2 Å². The van der Waals surface area contributed by atoms with Gasteiger partial charge in [0.15, 0.2) is 0 Å². The number of ketones is 1. The summed E-state index contributed by atoms with van der Waals surface area (Å²) in [5.41, 5.74) is 2.40. The second-order valence-corrected chi connectivity index (χ2v) is 8.02. The molecule has 0 amide bonds. The van der Waals surface area contributed by atoms with E-state index in [1.165, 1.54) is 19.9 Å². The SMILES string of the molecule is CC(=O)c1ccc(O)c([As](C)C(C)=O)c1. The summed E-state index contributed by atoms with van der Waals surface area (Å²) in [5, 5.41) is 9.61. The van der Waals surface area contributed by atoms with E-state index < -0.39 is 14.7 Å². The van der Waals surface area contributed by atoms with Crippen molar-refractivity contribution in [2.45, 2.75) is 19.6 Å². The van der Waals surface area contributed by atoms with Gasteiger partial charge in [-0.05, 0) is 0 Å². The molecule has 0 radical (unpaired) electrons. The summed E-state index contributed by atoms with van der Waals surface area (Å²) in [5.74, 6) is 0.0694. The molecule has 15 heavy (non-hydrogen) atoms. The van der Waals surface area contributed by atoms with Gasteiger partial charge < -0.3 is 0 Å². The van der Waals surface area contributed by atoms with Crippen LogP contribution in [-0.2, 0) is 4.79 Å². The first-order valence-corrected chi connectivity index (χ1v) is 8.27. The fourth-order valence-corrected chi connectivity index (χ4v) is 3.47. The van der Waals surface area contributed by atoms with E-state index in [9.17, 15) is 14.7 Å². The summed E-state index contributed by atoms with van der Waals surface area (Å²) in [6.45, 7) is 3.00. The zero-order valence-electron chi connectivity index (χ0n) is 8.94. The number of aromatic hydroxyl groups is 1. The molecule has 1 aromatic rings. The maximum atomic E-state index is 11.2. The number of phenols is 1. The van der Waals surface area contributed by atoms with E-state index >= 15 is 0 Å². The number of hydrogen-bond acceptors (Lipinski definition) is 3. The Hall–Kier alpha value is -1.08. The second-order valence-electron chi connectivity index (χ2n) is 3.34. The van der Waals surface area contributed by atoms with Crippen LogP contribution in [0, 0.1) is 0 Å². The maximum absolute atomic E-state index is 11.2.